The molecule has 1 aromatic carbocycles. The lowest BCUT2D eigenvalue weighted by atomic mass is 10.1. The van der Waals surface area contributed by atoms with E-state index >= 15 is 0 Å². The number of guanidine groups is 1. The van der Waals surface area contributed by atoms with Crippen molar-refractivity contribution < 1.29 is 9.26 Å². The first kappa shape index (κ1) is 22.3. The second-order valence-electron chi connectivity index (χ2n) is 6.24. The third-order valence-electron chi connectivity index (χ3n) is 3.79. The molecule has 0 amide bonds. The molecule has 0 spiro atoms. The minimum atomic E-state index is 0. The molecule has 0 saturated heterocycles. The van der Waals surface area contributed by atoms with Gasteiger partial charge in [-0.25, -0.2) is 4.99 Å². The van der Waals surface area contributed by atoms with Crippen LogP contribution in [-0.2, 0) is 13.1 Å². The number of nitrogens with one attached hydrogen (secondary N) is 2. The van der Waals surface area contributed by atoms with E-state index in [0.717, 1.165) is 35.3 Å². The third kappa shape index (κ3) is 6.51. The Kier molecular flexibility index (Phi) is 9.47. The molecule has 0 atom stereocenters. The lowest BCUT2D eigenvalue weighted by molar-refractivity contribution is 0.372. The second kappa shape index (κ2) is 11.1. The highest BCUT2D eigenvalue weighted by Gasteiger charge is 2.08. The lowest BCUT2D eigenvalue weighted by Gasteiger charge is -2.11. The van der Waals surface area contributed by atoms with Gasteiger partial charge in [0, 0.05) is 18.2 Å². The summed E-state index contributed by atoms with van der Waals surface area (Å²) in [5.74, 6) is 2.74. The van der Waals surface area contributed by atoms with Gasteiger partial charge in [-0.15, -0.1) is 24.0 Å². The molecule has 6 nitrogen and oxygen atoms in total. The van der Waals surface area contributed by atoms with Crippen molar-refractivity contribution in [2.45, 2.75) is 46.7 Å². The Bertz CT molecular complexity index is 713. The van der Waals surface area contributed by atoms with E-state index in [1.165, 1.54) is 5.56 Å². The molecule has 0 aliphatic heterocycles. The zero-order valence-corrected chi connectivity index (χ0v) is 18.5. The van der Waals surface area contributed by atoms with Crippen LogP contribution < -0.4 is 15.4 Å². The Labute approximate surface area is 172 Å². The van der Waals surface area contributed by atoms with E-state index in [1.54, 1.807) is 7.11 Å². The molecule has 0 saturated carbocycles. The SMILES string of the molecule is CCNC(=NCc1ccc(C)cc1OC)NCc1cc(C(C)C)no1.I. The maximum absolute atomic E-state index is 5.44. The number of methoxy groups -OCH3 is 1. The molecule has 0 aliphatic rings. The molecule has 7 heteroatoms. The largest absolute Gasteiger partial charge is 0.496 e. The fourth-order valence-corrected chi connectivity index (χ4v) is 2.34. The Hall–Kier alpha value is -1.77. The maximum atomic E-state index is 5.44. The molecule has 0 fully saturated rings. The second-order valence-corrected chi connectivity index (χ2v) is 6.24. The highest BCUT2D eigenvalue weighted by Crippen LogP contribution is 2.20. The monoisotopic (exact) mass is 472 g/mol. The van der Waals surface area contributed by atoms with Gasteiger partial charge in [-0.1, -0.05) is 31.1 Å². The van der Waals surface area contributed by atoms with Crippen molar-refractivity contribution in [3.8, 4) is 5.75 Å². The van der Waals surface area contributed by atoms with Crippen LogP contribution in [0.15, 0.2) is 33.8 Å². The van der Waals surface area contributed by atoms with E-state index in [9.17, 15) is 0 Å². The standard InChI is InChI=1S/C19H28N4O2.HI/c1-6-20-19(22-12-16-10-17(13(2)3)23-25-16)21-11-15-8-7-14(4)9-18(15)24-5;/h7-10,13H,6,11-12H2,1-5H3,(H2,20,21,22);1H. The minimum Gasteiger partial charge on any atom is -0.496 e. The fraction of sp³-hybridized carbons (Fsp3) is 0.474. The van der Waals surface area contributed by atoms with Gasteiger partial charge >= 0.3 is 0 Å². The van der Waals surface area contributed by atoms with E-state index in [-0.39, 0.29) is 24.0 Å². The summed E-state index contributed by atoms with van der Waals surface area (Å²) in [5.41, 5.74) is 3.18. The van der Waals surface area contributed by atoms with E-state index in [2.05, 4.69) is 40.7 Å². The first-order valence-electron chi connectivity index (χ1n) is 8.64. The lowest BCUT2D eigenvalue weighted by Crippen LogP contribution is -2.36. The zero-order chi connectivity index (χ0) is 18.2. The molecule has 0 bridgehead atoms. The van der Waals surface area contributed by atoms with Crippen LogP contribution in [0.1, 0.15) is 49.3 Å². The zero-order valence-electron chi connectivity index (χ0n) is 16.1. The van der Waals surface area contributed by atoms with Gasteiger partial charge in [0.1, 0.15) is 5.75 Å². The van der Waals surface area contributed by atoms with Gasteiger partial charge < -0.3 is 19.9 Å². The van der Waals surface area contributed by atoms with Crippen LogP contribution in [0.3, 0.4) is 0 Å². The number of aliphatic imine (C=N–C) groups is 1. The summed E-state index contributed by atoms with van der Waals surface area (Å²) in [6.07, 6.45) is 0. The number of aromatic nitrogens is 1. The summed E-state index contributed by atoms with van der Waals surface area (Å²) >= 11 is 0. The van der Waals surface area contributed by atoms with Crippen LogP contribution in [0.2, 0.25) is 0 Å². The first-order chi connectivity index (χ1) is 12.0. The van der Waals surface area contributed by atoms with E-state index in [1.807, 2.05) is 32.0 Å². The summed E-state index contributed by atoms with van der Waals surface area (Å²) in [6.45, 7) is 10.1. The highest BCUT2D eigenvalue weighted by molar-refractivity contribution is 14.0. The van der Waals surface area contributed by atoms with Gasteiger partial charge in [0.25, 0.3) is 0 Å². The maximum Gasteiger partial charge on any atom is 0.191 e. The summed E-state index contributed by atoms with van der Waals surface area (Å²) in [5, 5.41) is 10.6. The fourth-order valence-electron chi connectivity index (χ4n) is 2.34. The average Bonchev–Trinajstić information content (AvgIpc) is 3.07. The van der Waals surface area contributed by atoms with Gasteiger partial charge in [0.15, 0.2) is 11.7 Å². The van der Waals surface area contributed by atoms with Crippen molar-refractivity contribution in [2.24, 2.45) is 4.99 Å². The predicted octanol–water partition coefficient (Wildman–Crippen LogP) is 3.99. The van der Waals surface area contributed by atoms with E-state index in [0.29, 0.717) is 19.0 Å². The topological polar surface area (TPSA) is 71.7 Å². The molecule has 26 heavy (non-hydrogen) atoms. The molecular formula is C19H29IN4O2. The van der Waals surface area contributed by atoms with Gasteiger partial charge in [-0.05, 0) is 31.4 Å². The van der Waals surface area contributed by atoms with Gasteiger partial charge in [0.2, 0.25) is 0 Å². The Morgan fingerprint density at radius 3 is 2.65 bits per heavy atom. The Morgan fingerprint density at radius 1 is 1.27 bits per heavy atom. The molecule has 0 radical (unpaired) electrons. The van der Waals surface area contributed by atoms with Gasteiger partial charge in [-0.2, -0.15) is 0 Å². The van der Waals surface area contributed by atoms with Crippen molar-refractivity contribution in [3.63, 3.8) is 0 Å². The van der Waals surface area contributed by atoms with Crippen molar-refractivity contribution in [3.05, 3.63) is 46.8 Å². The minimum absolute atomic E-state index is 0. The number of rotatable bonds is 7. The highest BCUT2D eigenvalue weighted by atomic mass is 127. The Morgan fingerprint density at radius 2 is 2.04 bits per heavy atom. The van der Waals surface area contributed by atoms with Crippen molar-refractivity contribution in [1.82, 2.24) is 15.8 Å². The quantitative estimate of drug-likeness (QED) is 0.362. The summed E-state index contributed by atoms with van der Waals surface area (Å²) in [7, 11) is 1.68. The van der Waals surface area contributed by atoms with Crippen molar-refractivity contribution in [1.29, 1.82) is 0 Å². The molecule has 2 N–H and O–H groups in total. The van der Waals surface area contributed by atoms with Crippen molar-refractivity contribution in [2.75, 3.05) is 13.7 Å². The number of hydrogen-bond donors (Lipinski definition) is 2. The van der Waals surface area contributed by atoms with Crippen LogP contribution >= 0.6 is 24.0 Å². The first-order valence-corrected chi connectivity index (χ1v) is 8.64. The number of aryl methyl sites for hydroxylation is 1. The number of benzene rings is 1. The number of nitrogens with zero attached hydrogens (tertiary/aromatic N) is 2. The molecule has 0 unspecified atom stereocenters. The summed E-state index contributed by atoms with van der Waals surface area (Å²) in [4.78, 5) is 4.63. The number of ether oxygens (including phenoxy) is 1. The smallest absolute Gasteiger partial charge is 0.191 e. The molecule has 1 aromatic heterocycles. The van der Waals surface area contributed by atoms with E-state index in [4.69, 9.17) is 9.26 Å². The molecule has 2 aromatic rings. The van der Waals surface area contributed by atoms with Crippen molar-refractivity contribution >= 4 is 29.9 Å². The molecule has 0 aliphatic carbocycles. The van der Waals surface area contributed by atoms with Crippen LogP contribution in [0.4, 0.5) is 0 Å². The van der Waals surface area contributed by atoms with Gasteiger partial charge in [0.05, 0.1) is 25.9 Å². The van der Waals surface area contributed by atoms with Crippen LogP contribution in [0.5, 0.6) is 5.75 Å². The van der Waals surface area contributed by atoms with Gasteiger partial charge in [-0.3, -0.25) is 0 Å². The Balaban J connectivity index is 0.00000338. The number of halogens is 1. The molecule has 144 valence electrons. The number of hydrogen-bond acceptors (Lipinski definition) is 4. The normalized spacial score (nSPS) is 11.2. The average molecular weight is 472 g/mol. The van der Waals surface area contributed by atoms with Crippen LogP contribution in [0.25, 0.3) is 0 Å². The third-order valence-corrected chi connectivity index (χ3v) is 3.79. The van der Waals surface area contributed by atoms with Crippen LogP contribution in [-0.4, -0.2) is 24.8 Å². The summed E-state index contributed by atoms with van der Waals surface area (Å²) < 4.78 is 10.8. The predicted molar refractivity (Wildman–Crippen MR) is 115 cm³/mol. The summed E-state index contributed by atoms with van der Waals surface area (Å²) in [6, 6.07) is 8.11. The molecular weight excluding hydrogens is 443 g/mol. The van der Waals surface area contributed by atoms with Crippen LogP contribution in [0, 0.1) is 6.92 Å². The van der Waals surface area contributed by atoms with E-state index < -0.39 is 0 Å². The molecule has 1 heterocycles. The molecule has 2 rings (SSSR count).